The highest BCUT2D eigenvalue weighted by Crippen LogP contribution is 2.22. The van der Waals surface area contributed by atoms with E-state index in [-0.39, 0.29) is 17.9 Å². The zero-order valence-electron chi connectivity index (χ0n) is 14.0. The second kappa shape index (κ2) is 6.68. The lowest BCUT2D eigenvalue weighted by Gasteiger charge is -2.33. The Balaban J connectivity index is 1.56. The molecule has 1 aromatic rings. The maximum atomic E-state index is 12.5. The number of aromatic nitrogens is 3. The quantitative estimate of drug-likeness (QED) is 0.832. The van der Waals surface area contributed by atoms with Gasteiger partial charge in [0.1, 0.15) is 11.6 Å². The van der Waals surface area contributed by atoms with Crippen LogP contribution in [0.4, 0.5) is 0 Å². The van der Waals surface area contributed by atoms with Crippen molar-refractivity contribution in [1.82, 2.24) is 24.6 Å². The van der Waals surface area contributed by atoms with E-state index in [2.05, 4.69) is 10.1 Å². The molecule has 2 saturated heterocycles. The van der Waals surface area contributed by atoms with Gasteiger partial charge in [0, 0.05) is 39.0 Å². The molecule has 3 heterocycles. The summed E-state index contributed by atoms with van der Waals surface area (Å²) in [6.45, 7) is 6.70. The smallest absolute Gasteiger partial charge is 0.224 e. The summed E-state index contributed by atoms with van der Waals surface area (Å²) in [6.07, 6.45) is 3.98. The first-order chi connectivity index (χ1) is 11.0. The van der Waals surface area contributed by atoms with Gasteiger partial charge in [-0.25, -0.2) is 9.67 Å². The maximum Gasteiger partial charge on any atom is 0.224 e. The summed E-state index contributed by atoms with van der Waals surface area (Å²) in [4.78, 5) is 32.2. The zero-order chi connectivity index (χ0) is 16.4. The molecular weight excluding hydrogens is 294 g/mol. The van der Waals surface area contributed by atoms with E-state index in [9.17, 15) is 9.59 Å². The first-order valence-corrected chi connectivity index (χ1v) is 8.50. The molecule has 2 fully saturated rings. The molecule has 0 radical (unpaired) electrons. The van der Waals surface area contributed by atoms with Crippen LogP contribution in [0.2, 0.25) is 0 Å². The topological polar surface area (TPSA) is 71.3 Å². The van der Waals surface area contributed by atoms with Gasteiger partial charge in [-0.05, 0) is 33.1 Å². The zero-order valence-corrected chi connectivity index (χ0v) is 14.0. The first kappa shape index (κ1) is 16.0. The van der Waals surface area contributed by atoms with E-state index in [0.29, 0.717) is 25.9 Å². The Labute approximate surface area is 136 Å². The number of hydrogen-bond donors (Lipinski definition) is 0. The molecule has 7 heteroatoms. The van der Waals surface area contributed by atoms with Gasteiger partial charge in [0.25, 0.3) is 0 Å². The maximum absolute atomic E-state index is 12.5. The molecule has 0 aliphatic carbocycles. The van der Waals surface area contributed by atoms with Gasteiger partial charge in [-0.3, -0.25) is 9.59 Å². The SMILES string of the molecule is Cc1nc(C)n(C2CCCN(C(=O)CCN3CCCC3=O)C2)n1. The molecule has 0 bridgehead atoms. The number of likely N-dealkylation sites (tertiary alicyclic amines) is 2. The van der Waals surface area contributed by atoms with Crippen LogP contribution in [0.3, 0.4) is 0 Å². The molecule has 23 heavy (non-hydrogen) atoms. The van der Waals surface area contributed by atoms with Crippen LogP contribution in [0.5, 0.6) is 0 Å². The van der Waals surface area contributed by atoms with Gasteiger partial charge in [0.15, 0.2) is 0 Å². The van der Waals surface area contributed by atoms with Crippen molar-refractivity contribution >= 4 is 11.8 Å². The van der Waals surface area contributed by atoms with Crippen LogP contribution < -0.4 is 0 Å². The fraction of sp³-hybridized carbons (Fsp3) is 0.750. The van der Waals surface area contributed by atoms with Crippen LogP contribution in [0.1, 0.15) is 49.8 Å². The highest BCUT2D eigenvalue weighted by molar-refractivity contribution is 5.80. The molecule has 7 nitrogen and oxygen atoms in total. The number of piperidine rings is 1. The fourth-order valence-corrected chi connectivity index (χ4v) is 3.59. The van der Waals surface area contributed by atoms with E-state index < -0.39 is 0 Å². The first-order valence-electron chi connectivity index (χ1n) is 8.50. The molecule has 2 aliphatic rings. The molecule has 0 aromatic carbocycles. The summed E-state index contributed by atoms with van der Waals surface area (Å²) in [5.74, 6) is 2.01. The molecule has 0 saturated carbocycles. The van der Waals surface area contributed by atoms with Gasteiger partial charge in [0.2, 0.25) is 11.8 Å². The van der Waals surface area contributed by atoms with Crippen molar-refractivity contribution in [2.75, 3.05) is 26.2 Å². The number of hydrogen-bond acceptors (Lipinski definition) is 4. The minimum Gasteiger partial charge on any atom is -0.342 e. The summed E-state index contributed by atoms with van der Waals surface area (Å²) in [5.41, 5.74) is 0. The third-order valence-electron chi connectivity index (χ3n) is 4.77. The Bertz CT molecular complexity index is 597. The van der Waals surface area contributed by atoms with Crippen LogP contribution in [0.25, 0.3) is 0 Å². The van der Waals surface area contributed by atoms with E-state index in [0.717, 1.165) is 44.0 Å². The van der Waals surface area contributed by atoms with E-state index >= 15 is 0 Å². The summed E-state index contributed by atoms with van der Waals surface area (Å²) in [6, 6.07) is 0.210. The predicted octanol–water partition coefficient (Wildman–Crippen LogP) is 1.07. The highest BCUT2D eigenvalue weighted by atomic mass is 16.2. The number of carbonyl (C=O) groups is 2. The van der Waals surface area contributed by atoms with Crippen LogP contribution in [-0.2, 0) is 9.59 Å². The highest BCUT2D eigenvalue weighted by Gasteiger charge is 2.27. The molecule has 1 unspecified atom stereocenters. The standard InChI is InChI=1S/C16H25N5O2/c1-12-17-13(2)21(18-12)14-5-3-9-20(11-14)16(23)7-10-19-8-4-6-15(19)22/h14H,3-11H2,1-2H3. The lowest BCUT2D eigenvalue weighted by atomic mass is 10.1. The molecule has 3 rings (SSSR count). The largest absolute Gasteiger partial charge is 0.342 e. The molecule has 0 N–H and O–H groups in total. The van der Waals surface area contributed by atoms with Crippen molar-refractivity contribution in [3.63, 3.8) is 0 Å². The number of amides is 2. The van der Waals surface area contributed by atoms with Crippen molar-refractivity contribution in [2.24, 2.45) is 0 Å². The molecule has 1 atom stereocenters. The minimum atomic E-state index is 0.142. The third kappa shape index (κ3) is 3.54. The summed E-state index contributed by atoms with van der Waals surface area (Å²) >= 11 is 0. The van der Waals surface area contributed by atoms with E-state index in [1.54, 1.807) is 0 Å². The van der Waals surface area contributed by atoms with Crippen LogP contribution in [-0.4, -0.2) is 62.6 Å². The number of carbonyl (C=O) groups excluding carboxylic acids is 2. The molecule has 1 aromatic heterocycles. The normalized spacial score (nSPS) is 22.0. The van der Waals surface area contributed by atoms with Gasteiger partial charge in [-0.2, -0.15) is 5.10 Å². The fourth-order valence-electron chi connectivity index (χ4n) is 3.59. The van der Waals surface area contributed by atoms with E-state index in [1.165, 1.54) is 0 Å². The lowest BCUT2D eigenvalue weighted by Crippen LogP contribution is -2.42. The second-order valence-corrected chi connectivity index (χ2v) is 6.52. The van der Waals surface area contributed by atoms with Gasteiger partial charge >= 0.3 is 0 Å². The minimum absolute atomic E-state index is 0.142. The molecule has 0 spiro atoms. The predicted molar refractivity (Wildman–Crippen MR) is 84.8 cm³/mol. The van der Waals surface area contributed by atoms with Gasteiger partial charge < -0.3 is 9.80 Å². The van der Waals surface area contributed by atoms with Crippen LogP contribution >= 0.6 is 0 Å². The Morgan fingerprint density at radius 1 is 1.26 bits per heavy atom. The van der Waals surface area contributed by atoms with Gasteiger partial charge in [0.05, 0.1) is 6.04 Å². The summed E-state index contributed by atoms with van der Waals surface area (Å²) in [7, 11) is 0. The Kier molecular flexibility index (Phi) is 4.63. The van der Waals surface area contributed by atoms with Crippen molar-refractivity contribution in [1.29, 1.82) is 0 Å². The average Bonchev–Trinajstić information content (AvgIpc) is 3.10. The van der Waals surface area contributed by atoms with Crippen LogP contribution in [0.15, 0.2) is 0 Å². The monoisotopic (exact) mass is 319 g/mol. The molecular formula is C16H25N5O2. The van der Waals surface area contributed by atoms with E-state index in [4.69, 9.17) is 0 Å². The number of nitrogens with zero attached hydrogens (tertiary/aromatic N) is 5. The Morgan fingerprint density at radius 3 is 2.74 bits per heavy atom. The lowest BCUT2D eigenvalue weighted by molar-refractivity contribution is -0.134. The molecule has 2 aliphatic heterocycles. The third-order valence-corrected chi connectivity index (χ3v) is 4.77. The van der Waals surface area contributed by atoms with Gasteiger partial charge in [-0.15, -0.1) is 0 Å². The Morgan fingerprint density at radius 2 is 2.09 bits per heavy atom. The number of aryl methyl sites for hydroxylation is 2. The van der Waals surface area contributed by atoms with Crippen LogP contribution in [0, 0.1) is 13.8 Å². The van der Waals surface area contributed by atoms with E-state index in [1.807, 2.05) is 28.3 Å². The second-order valence-electron chi connectivity index (χ2n) is 6.52. The molecule has 126 valence electrons. The van der Waals surface area contributed by atoms with Gasteiger partial charge in [-0.1, -0.05) is 0 Å². The van der Waals surface area contributed by atoms with Crippen molar-refractivity contribution in [3.05, 3.63) is 11.6 Å². The van der Waals surface area contributed by atoms with Crippen molar-refractivity contribution in [3.8, 4) is 0 Å². The molecule has 2 amide bonds. The Hall–Kier alpha value is -1.92. The van der Waals surface area contributed by atoms with Crippen molar-refractivity contribution in [2.45, 2.75) is 52.0 Å². The van der Waals surface area contributed by atoms with Crippen molar-refractivity contribution < 1.29 is 9.59 Å². The number of rotatable bonds is 4. The summed E-state index contributed by atoms with van der Waals surface area (Å²) < 4.78 is 1.96. The average molecular weight is 319 g/mol. The summed E-state index contributed by atoms with van der Waals surface area (Å²) in [5, 5.41) is 4.46.